The van der Waals surface area contributed by atoms with Crippen molar-refractivity contribution in [2.45, 2.75) is 25.5 Å². The summed E-state index contributed by atoms with van der Waals surface area (Å²) >= 11 is 0. The molecule has 82 valence electrons. The molecule has 0 aliphatic carbocycles. The van der Waals surface area contributed by atoms with Gasteiger partial charge in [-0.05, 0) is 30.5 Å². The first-order chi connectivity index (χ1) is 7.29. The molecule has 1 atom stereocenters. The number of hydrogen-bond donors (Lipinski definition) is 2. The number of β-amino-alcohol motifs (C(OH)–C–C–N with tert-alkyl or cyclic N) is 1. The Morgan fingerprint density at radius 2 is 2.47 bits per heavy atom. The van der Waals surface area contributed by atoms with Gasteiger partial charge in [0.1, 0.15) is 5.82 Å². The summed E-state index contributed by atoms with van der Waals surface area (Å²) in [5.41, 5.74) is 6.66. The van der Waals surface area contributed by atoms with Gasteiger partial charge < -0.3 is 15.7 Å². The third-order valence-corrected chi connectivity index (χ3v) is 2.77. The number of aliphatic hydroxyl groups excluding tert-OH is 1. The van der Waals surface area contributed by atoms with E-state index >= 15 is 0 Å². The Balaban J connectivity index is 2.13. The van der Waals surface area contributed by atoms with Crippen LogP contribution in [0.3, 0.4) is 0 Å². The lowest BCUT2D eigenvalue weighted by atomic mass is 10.1. The van der Waals surface area contributed by atoms with Crippen LogP contribution in [0.25, 0.3) is 0 Å². The highest BCUT2D eigenvalue weighted by molar-refractivity contribution is 5.41. The average Bonchev–Trinajstić information content (AvgIpc) is 2.29. The van der Waals surface area contributed by atoms with Gasteiger partial charge in [0.25, 0.3) is 0 Å². The Bertz CT molecular complexity index is 329. The van der Waals surface area contributed by atoms with Gasteiger partial charge in [-0.3, -0.25) is 0 Å². The molecule has 0 bridgehead atoms. The maximum Gasteiger partial charge on any atom is 0.128 e. The summed E-state index contributed by atoms with van der Waals surface area (Å²) in [5, 5.41) is 9.57. The standard InChI is InChI=1S/C11H17N3O/c12-7-9-3-4-13-11(6-9)14-5-1-2-10(15)8-14/h3-4,6,10,15H,1-2,5,7-8,12H2/t10-/m0/s1. The van der Waals surface area contributed by atoms with E-state index in [1.165, 1.54) is 0 Å². The van der Waals surface area contributed by atoms with E-state index in [1.807, 2.05) is 12.1 Å². The van der Waals surface area contributed by atoms with Crippen molar-refractivity contribution in [3.05, 3.63) is 23.9 Å². The monoisotopic (exact) mass is 207 g/mol. The third-order valence-electron chi connectivity index (χ3n) is 2.77. The van der Waals surface area contributed by atoms with E-state index in [1.54, 1.807) is 6.20 Å². The second-order valence-corrected chi connectivity index (χ2v) is 3.97. The third kappa shape index (κ3) is 2.46. The molecule has 1 aromatic rings. The number of nitrogens with two attached hydrogens (primary N) is 1. The summed E-state index contributed by atoms with van der Waals surface area (Å²) in [6, 6.07) is 3.92. The smallest absolute Gasteiger partial charge is 0.128 e. The van der Waals surface area contributed by atoms with Crippen LogP contribution in [0.15, 0.2) is 18.3 Å². The molecule has 0 amide bonds. The number of nitrogens with zero attached hydrogens (tertiary/aromatic N) is 2. The van der Waals surface area contributed by atoms with Crippen LogP contribution in [0.2, 0.25) is 0 Å². The molecule has 0 spiro atoms. The van der Waals surface area contributed by atoms with Crippen molar-refractivity contribution in [2.24, 2.45) is 5.73 Å². The van der Waals surface area contributed by atoms with E-state index in [0.717, 1.165) is 30.8 Å². The predicted molar refractivity (Wildman–Crippen MR) is 59.6 cm³/mol. The number of piperidine rings is 1. The highest BCUT2D eigenvalue weighted by Gasteiger charge is 2.18. The predicted octanol–water partition coefficient (Wildman–Crippen LogP) is 0.501. The fourth-order valence-electron chi connectivity index (χ4n) is 1.92. The Morgan fingerprint density at radius 1 is 1.60 bits per heavy atom. The molecule has 2 heterocycles. The topological polar surface area (TPSA) is 62.4 Å². The zero-order valence-electron chi connectivity index (χ0n) is 8.76. The molecule has 2 rings (SSSR count). The number of rotatable bonds is 2. The molecule has 3 N–H and O–H groups in total. The molecule has 0 aromatic carbocycles. The van der Waals surface area contributed by atoms with Crippen LogP contribution in [-0.4, -0.2) is 29.3 Å². The highest BCUT2D eigenvalue weighted by atomic mass is 16.3. The second kappa shape index (κ2) is 4.59. The molecule has 1 saturated heterocycles. The summed E-state index contributed by atoms with van der Waals surface area (Å²) in [5.74, 6) is 0.928. The Kier molecular flexibility index (Phi) is 3.18. The van der Waals surface area contributed by atoms with Crippen LogP contribution < -0.4 is 10.6 Å². The van der Waals surface area contributed by atoms with Crippen molar-refractivity contribution in [2.75, 3.05) is 18.0 Å². The van der Waals surface area contributed by atoms with Crippen molar-refractivity contribution >= 4 is 5.82 Å². The Morgan fingerprint density at radius 3 is 3.20 bits per heavy atom. The number of anilines is 1. The number of aliphatic hydroxyl groups is 1. The summed E-state index contributed by atoms with van der Waals surface area (Å²) in [6.45, 7) is 2.19. The molecule has 4 nitrogen and oxygen atoms in total. The number of hydrogen-bond acceptors (Lipinski definition) is 4. The molecule has 0 radical (unpaired) electrons. The lowest BCUT2D eigenvalue weighted by Crippen LogP contribution is -2.38. The van der Waals surface area contributed by atoms with E-state index in [-0.39, 0.29) is 6.10 Å². The average molecular weight is 207 g/mol. The second-order valence-electron chi connectivity index (χ2n) is 3.97. The molecule has 4 heteroatoms. The van der Waals surface area contributed by atoms with Crippen LogP contribution in [-0.2, 0) is 6.54 Å². The first-order valence-electron chi connectivity index (χ1n) is 5.37. The van der Waals surface area contributed by atoms with Crippen LogP contribution in [0.5, 0.6) is 0 Å². The minimum Gasteiger partial charge on any atom is -0.391 e. The van der Waals surface area contributed by atoms with Gasteiger partial charge in [0.15, 0.2) is 0 Å². The molecule has 1 aliphatic heterocycles. The van der Waals surface area contributed by atoms with Crippen molar-refractivity contribution in [3.63, 3.8) is 0 Å². The van der Waals surface area contributed by atoms with E-state index in [2.05, 4.69) is 9.88 Å². The molecule has 1 aliphatic rings. The van der Waals surface area contributed by atoms with E-state index < -0.39 is 0 Å². The first-order valence-corrected chi connectivity index (χ1v) is 5.37. The summed E-state index contributed by atoms with van der Waals surface area (Å²) in [7, 11) is 0. The maximum absolute atomic E-state index is 9.57. The molecule has 0 unspecified atom stereocenters. The van der Waals surface area contributed by atoms with E-state index in [9.17, 15) is 5.11 Å². The fraction of sp³-hybridized carbons (Fsp3) is 0.545. The van der Waals surface area contributed by atoms with Crippen LogP contribution in [0, 0.1) is 0 Å². The van der Waals surface area contributed by atoms with Gasteiger partial charge in [-0.15, -0.1) is 0 Å². The molecule has 1 fully saturated rings. The van der Waals surface area contributed by atoms with Crippen LogP contribution >= 0.6 is 0 Å². The molecule has 1 aromatic heterocycles. The zero-order chi connectivity index (χ0) is 10.7. The molecular formula is C11H17N3O. The van der Waals surface area contributed by atoms with Gasteiger partial charge in [-0.1, -0.05) is 0 Å². The van der Waals surface area contributed by atoms with Crippen molar-refractivity contribution < 1.29 is 5.11 Å². The van der Waals surface area contributed by atoms with Gasteiger partial charge in [0.05, 0.1) is 6.10 Å². The first kappa shape index (κ1) is 10.4. The quantitative estimate of drug-likeness (QED) is 0.741. The van der Waals surface area contributed by atoms with Gasteiger partial charge >= 0.3 is 0 Å². The lowest BCUT2D eigenvalue weighted by Gasteiger charge is -2.31. The van der Waals surface area contributed by atoms with Gasteiger partial charge in [0.2, 0.25) is 0 Å². The normalized spacial score (nSPS) is 21.7. The highest BCUT2D eigenvalue weighted by Crippen LogP contribution is 2.18. The summed E-state index contributed by atoms with van der Waals surface area (Å²) < 4.78 is 0. The number of pyridine rings is 1. The van der Waals surface area contributed by atoms with Crippen molar-refractivity contribution in [1.29, 1.82) is 0 Å². The Labute approximate surface area is 89.7 Å². The van der Waals surface area contributed by atoms with Crippen molar-refractivity contribution in [1.82, 2.24) is 4.98 Å². The molecular weight excluding hydrogens is 190 g/mol. The largest absolute Gasteiger partial charge is 0.391 e. The molecule has 15 heavy (non-hydrogen) atoms. The zero-order valence-corrected chi connectivity index (χ0v) is 8.76. The SMILES string of the molecule is NCc1ccnc(N2CCC[C@H](O)C2)c1. The molecule has 0 saturated carbocycles. The van der Waals surface area contributed by atoms with Crippen LogP contribution in [0.1, 0.15) is 18.4 Å². The van der Waals surface area contributed by atoms with E-state index in [4.69, 9.17) is 5.73 Å². The van der Waals surface area contributed by atoms with E-state index in [0.29, 0.717) is 13.1 Å². The lowest BCUT2D eigenvalue weighted by molar-refractivity contribution is 0.154. The number of aromatic nitrogens is 1. The Hall–Kier alpha value is -1.13. The van der Waals surface area contributed by atoms with Crippen molar-refractivity contribution in [3.8, 4) is 0 Å². The minimum absolute atomic E-state index is 0.220. The minimum atomic E-state index is -0.220. The van der Waals surface area contributed by atoms with Gasteiger partial charge in [0, 0.05) is 25.8 Å². The van der Waals surface area contributed by atoms with Gasteiger partial charge in [-0.2, -0.15) is 0 Å². The summed E-state index contributed by atoms with van der Waals surface area (Å²) in [4.78, 5) is 6.42. The van der Waals surface area contributed by atoms with Crippen LogP contribution in [0.4, 0.5) is 5.82 Å². The fourth-order valence-corrected chi connectivity index (χ4v) is 1.92. The summed E-state index contributed by atoms with van der Waals surface area (Å²) in [6.07, 6.45) is 3.48. The van der Waals surface area contributed by atoms with Gasteiger partial charge in [-0.25, -0.2) is 4.98 Å². The maximum atomic E-state index is 9.57.